The Morgan fingerprint density at radius 1 is 1.28 bits per heavy atom. The lowest BCUT2D eigenvalue weighted by Crippen LogP contribution is -2.31. The average Bonchev–Trinajstić information content (AvgIpc) is 3.04. The van der Waals surface area contributed by atoms with Gasteiger partial charge in [-0.3, -0.25) is 0 Å². The van der Waals surface area contributed by atoms with Crippen molar-refractivity contribution < 1.29 is 24.5 Å². The molecule has 140 valence electrons. The maximum Gasteiger partial charge on any atom is 0.414 e. The zero-order valence-electron chi connectivity index (χ0n) is 14.5. The van der Waals surface area contributed by atoms with Crippen LogP contribution in [0.4, 0.5) is 0 Å². The van der Waals surface area contributed by atoms with E-state index in [4.69, 9.17) is 24.5 Å². The number of carboxylic acids is 2. The molecule has 0 saturated carbocycles. The molecule has 1 aliphatic heterocycles. The molecule has 3 N–H and O–H groups in total. The molecule has 1 aromatic heterocycles. The fraction of sp³-hybridized carbons (Fsp3) is 0.625. The molecule has 2 heterocycles. The maximum absolute atomic E-state index is 9.10. The van der Waals surface area contributed by atoms with Crippen LogP contribution in [0.3, 0.4) is 0 Å². The molecule has 25 heavy (non-hydrogen) atoms. The zero-order chi connectivity index (χ0) is 18.7. The van der Waals surface area contributed by atoms with Crippen molar-refractivity contribution in [3.8, 4) is 5.88 Å². The maximum atomic E-state index is 9.10. The van der Waals surface area contributed by atoms with Crippen molar-refractivity contribution in [2.45, 2.75) is 52.0 Å². The van der Waals surface area contributed by atoms with Crippen molar-refractivity contribution in [2.24, 2.45) is 0 Å². The summed E-state index contributed by atoms with van der Waals surface area (Å²) < 4.78 is 14.5. The molecule has 0 spiro atoms. The van der Waals surface area contributed by atoms with Crippen LogP contribution in [0.2, 0.25) is 0 Å². The molecule has 0 fully saturated rings. The second-order valence-corrected chi connectivity index (χ2v) is 6.09. The summed E-state index contributed by atoms with van der Waals surface area (Å²) in [6.07, 6.45) is 8.15. The predicted octanol–water partition coefficient (Wildman–Crippen LogP) is 2.42. The van der Waals surface area contributed by atoms with Crippen LogP contribution in [0, 0.1) is 0 Å². The number of aromatic nitrogens is 2. The number of nitrogens with one attached hydrogen (secondary N) is 1. The Hall–Kier alpha value is -2.00. The molecule has 1 atom stereocenters. The summed E-state index contributed by atoms with van der Waals surface area (Å²) >= 11 is 1.24. The molecule has 0 saturated heterocycles. The van der Waals surface area contributed by atoms with E-state index in [9.17, 15) is 0 Å². The van der Waals surface area contributed by atoms with E-state index in [0.717, 1.165) is 31.7 Å². The van der Waals surface area contributed by atoms with E-state index in [0.29, 0.717) is 11.9 Å². The minimum Gasteiger partial charge on any atom is -0.475 e. The Kier molecular flexibility index (Phi) is 9.71. The quantitative estimate of drug-likeness (QED) is 0.493. The minimum absolute atomic E-state index is 0.333. The molecule has 1 aliphatic rings. The Bertz CT molecular complexity index is 576. The summed E-state index contributed by atoms with van der Waals surface area (Å²) in [4.78, 5) is 18.2. The van der Waals surface area contributed by atoms with Crippen LogP contribution >= 0.6 is 11.7 Å². The van der Waals surface area contributed by atoms with Gasteiger partial charge < -0.3 is 20.3 Å². The van der Waals surface area contributed by atoms with E-state index < -0.39 is 11.9 Å². The molecular formula is C16H25N3O5S. The van der Waals surface area contributed by atoms with E-state index in [1.54, 1.807) is 0 Å². The van der Waals surface area contributed by atoms with Gasteiger partial charge in [0.15, 0.2) is 0 Å². The first-order valence-electron chi connectivity index (χ1n) is 8.32. The lowest BCUT2D eigenvalue weighted by Gasteiger charge is -2.21. The summed E-state index contributed by atoms with van der Waals surface area (Å²) in [5, 5.41) is 18.2. The molecular weight excluding hydrogens is 346 g/mol. The first kappa shape index (κ1) is 21.0. The van der Waals surface area contributed by atoms with Crippen LogP contribution in [0.25, 0.3) is 5.57 Å². The number of nitrogens with zero attached hydrogens (tertiary/aromatic N) is 2. The highest BCUT2D eigenvalue weighted by atomic mass is 32.1. The van der Waals surface area contributed by atoms with E-state index in [-0.39, 0.29) is 0 Å². The Morgan fingerprint density at radius 2 is 2.00 bits per heavy atom. The van der Waals surface area contributed by atoms with E-state index in [1.807, 2.05) is 0 Å². The van der Waals surface area contributed by atoms with Gasteiger partial charge in [-0.05, 0) is 31.9 Å². The van der Waals surface area contributed by atoms with E-state index >= 15 is 0 Å². The standard InChI is InChI=1S/C14H23N3OS.C2H2O4/c1-3-4-5-6-10-18-14-13(16-19-17-14)12-8-7-9-15-11(12)2;3-1(4)2(5)6/h8,11,15H,3-7,9-10H2,1-2H3;(H,3,4)(H,5,6). The lowest BCUT2D eigenvalue weighted by atomic mass is 10.0. The van der Waals surface area contributed by atoms with Gasteiger partial charge in [0.05, 0.1) is 18.3 Å². The van der Waals surface area contributed by atoms with Crippen LogP contribution < -0.4 is 10.1 Å². The van der Waals surface area contributed by atoms with Crippen LogP contribution in [0.5, 0.6) is 5.88 Å². The average molecular weight is 371 g/mol. The number of carbonyl (C=O) groups is 2. The molecule has 0 bridgehead atoms. The predicted molar refractivity (Wildman–Crippen MR) is 94.9 cm³/mol. The van der Waals surface area contributed by atoms with Crippen molar-refractivity contribution >= 4 is 29.2 Å². The molecule has 1 aromatic rings. The van der Waals surface area contributed by atoms with Crippen molar-refractivity contribution in [3.05, 3.63) is 11.8 Å². The van der Waals surface area contributed by atoms with E-state index in [1.165, 1.54) is 36.6 Å². The summed E-state index contributed by atoms with van der Waals surface area (Å²) in [5.74, 6) is -2.94. The fourth-order valence-electron chi connectivity index (χ4n) is 2.27. The third kappa shape index (κ3) is 7.61. The van der Waals surface area contributed by atoms with Gasteiger partial charge in [0.1, 0.15) is 5.69 Å². The number of carboxylic acid groups (broad SMARTS) is 2. The largest absolute Gasteiger partial charge is 0.475 e. The highest BCUT2D eigenvalue weighted by Crippen LogP contribution is 2.28. The van der Waals surface area contributed by atoms with Gasteiger partial charge in [0.2, 0.25) is 0 Å². The van der Waals surface area contributed by atoms with Crippen LogP contribution in [-0.2, 0) is 9.59 Å². The van der Waals surface area contributed by atoms with Gasteiger partial charge in [-0.1, -0.05) is 32.3 Å². The van der Waals surface area contributed by atoms with Crippen molar-refractivity contribution in [2.75, 3.05) is 13.2 Å². The molecule has 0 aromatic carbocycles. The SMILES string of the molecule is CCCCCCOc1nsnc1C1=CCCNC1C.O=C(O)C(=O)O. The Balaban J connectivity index is 0.000000450. The monoisotopic (exact) mass is 371 g/mol. The smallest absolute Gasteiger partial charge is 0.414 e. The normalized spacial score (nSPS) is 16.4. The van der Waals surface area contributed by atoms with Crippen molar-refractivity contribution in [3.63, 3.8) is 0 Å². The van der Waals surface area contributed by atoms with Crippen molar-refractivity contribution in [1.82, 2.24) is 14.1 Å². The van der Waals surface area contributed by atoms with Crippen molar-refractivity contribution in [1.29, 1.82) is 0 Å². The number of hydrogen-bond acceptors (Lipinski definition) is 7. The summed E-state index contributed by atoms with van der Waals surface area (Å²) in [6.45, 7) is 6.16. The molecule has 0 radical (unpaired) electrons. The highest BCUT2D eigenvalue weighted by molar-refractivity contribution is 6.99. The summed E-state index contributed by atoms with van der Waals surface area (Å²) in [7, 11) is 0. The number of ether oxygens (including phenoxy) is 1. The number of rotatable bonds is 7. The highest BCUT2D eigenvalue weighted by Gasteiger charge is 2.21. The van der Waals surface area contributed by atoms with Crippen LogP contribution in [0.15, 0.2) is 6.08 Å². The molecule has 8 nitrogen and oxygen atoms in total. The number of unbranched alkanes of at least 4 members (excludes halogenated alkanes) is 3. The van der Waals surface area contributed by atoms with E-state index in [2.05, 4.69) is 34.0 Å². The third-order valence-corrected chi connectivity index (χ3v) is 4.09. The van der Waals surface area contributed by atoms with Gasteiger partial charge >= 0.3 is 11.9 Å². The van der Waals surface area contributed by atoms with Crippen LogP contribution in [0.1, 0.15) is 51.6 Å². The van der Waals surface area contributed by atoms with Gasteiger partial charge in [0.25, 0.3) is 5.88 Å². The second kappa shape index (κ2) is 11.5. The van der Waals surface area contributed by atoms with Gasteiger partial charge in [-0.2, -0.15) is 4.37 Å². The van der Waals surface area contributed by atoms with Gasteiger partial charge in [0, 0.05) is 6.04 Å². The second-order valence-electron chi connectivity index (χ2n) is 5.56. The number of aliphatic carboxylic acids is 2. The first-order valence-corrected chi connectivity index (χ1v) is 9.05. The Morgan fingerprint density at radius 3 is 2.60 bits per heavy atom. The molecule has 0 amide bonds. The third-order valence-electron chi connectivity index (χ3n) is 3.58. The minimum atomic E-state index is -1.82. The molecule has 1 unspecified atom stereocenters. The zero-order valence-corrected chi connectivity index (χ0v) is 15.3. The summed E-state index contributed by atoms with van der Waals surface area (Å²) in [5.41, 5.74) is 2.16. The van der Waals surface area contributed by atoms with Crippen LogP contribution in [-0.4, -0.2) is 50.1 Å². The molecule has 0 aliphatic carbocycles. The Labute approximate surface area is 151 Å². The molecule has 2 rings (SSSR count). The van der Waals surface area contributed by atoms with Gasteiger partial charge in [-0.15, -0.1) is 4.37 Å². The topological polar surface area (TPSA) is 122 Å². The lowest BCUT2D eigenvalue weighted by molar-refractivity contribution is -0.159. The fourth-order valence-corrected chi connectivity index (χ4v) is 2.78. The number of hydrogen-bond donors (Lipinski definition) is 3. The summed E-state index contributed by atoms with van der Waals surface area (Å²) in [6, 6.07) is 0.333. The first-order chi connectivity index (χ1) is 12.0. The molecule has 9 heteroatoms. The van der Waals surface area contributed by atoms with Gasteiger partial charge in [-0.25, -0.2) is 9.59 Å².